The SMILES string of the molecule is CC(=O)NC(CC(=O)N1CCNCC1)c1ccc(F)cc1F.Cl. The van der Waals surface area contributed by atoms with Crippen molar-refractivity contribution >= 4 is 24.2 Å². The average molecular weight is 348 g/mol. The summed E-state index contributed by atoms with van der Waals surface area (Å²) in [5.74, 6) is -2.01. The molecule has 1 fully saturated rings. The number of carbonyl (C=O) groups excluding carboxylic acids is 2. The lowest BCUT2D eigenvalue weighted by Gasteiger charge is -2.29. The standard InChI is InChI=1S/C15H19F2N3O2.ClH/c1-10(21)19-14(12-3-2-11(16)8-13(12)17)9-15(22)20-6-4-18-5-7-20;/h2-3,8,14,18H,4-7,9H2,1H3,(H,19,21);1H. The third kappa shape index (κ3) is 5.44. The molecule has 0 spiro atoms. The zero-order chi connectivity index (χ0) is 16.1. The Bertz CT molecular complexity index is 566. The van der Waals surface area contributed by atoms with Crippen LogP contribution >= 0.6 is 12.4 Å². The van der Waals surface area contributed by atoms with Gasteiger partial charge >= 0.3 is 0 Å². The molecule has 1 aliphatic rings. The molecule has 2 N–H and O–H groups in total. The predicted molar refractivity (Wildman–Crippen MR) is 84.2 cm³/mol. The van der Waals surface area contributed by atoms with Crippen molar-refractivity contribution in [2.75, 3.05) is 26.2 Å². The predicted octanol–water partition coefficient (Wildman–Crippen LogP) is 1.39. The highest BCUT2D eigenvalue weighted by molar-refractivity contribution is 5.85. The Kier molecular flexibility index (Phi) is 7.38. The Morgan fingerprint density at radius 3 is 2.52 bits per heavy atom. The first-order valence-corrected chi connectivity index (χ1v) is 7.18. The molecular formula is C15H20ClF2N3O2. The number of halogens is 3. The second-order valence-corrected chi connectivity index (χ2v) is 5.25. The molecule has 1 aliphatic heterocycles. The van der Waals surface area contributed by atoms with E-state index in [4.69, 9.17) is 0 Å². The smallest absolute Gasteiger partial charge is 0.225 e. The summed E-state index contributed by atoms with van der Waals surface area (Å²) >= 11 is 0. The number of amides is 2. The van der Waals surface area contributed by atoms with Crippen LogP contribution in [0.4, 0.5) is 8.78 Å². The third-order valence-corrected chi connectivity index (χ3v) is 3.56. The minimum absolute atomic E-state index is 0. The number of benzene rings is 1. The molecule has 128 valence electrons. The van der Waals surface area contributed by atoms with Gasteiger partial charge < -0.3 is 15.5 Å². The largest absolute Gasteiger partial charge is 0.349 e. The molecule has 1 aromatic rings. The van der Waals surface area contributed by atoms with Crippen molar-refractivity contribution in [1.82, 2.24) is 15.5 Å². The molecule has 2 amide bonds. The number of hydrogen-bond donors (Lipinski definition) is 2. The highest BCUT2D eigenvalue weighted by Crippen LogP contribution is 2.22. The van der Waals surface area contributed by atoms with Crippen LogP contribution in [0.15, 0.2) is 18.2 Å². The summed E-state index contributed by atoms with van der Waals surface area (Å²) in [7, 11) is 0. The topological polar surface area (TPSA) is 61.4 Å². The van der Waals surface area contributed by atoms with Crippen molar-refractivity contribution in [3.63, 3.8) is 0 Å². The molecule has 0 bridgehead atoms. The summed E-state index contributed by atoms with van der Waals surface area (Å²) < 4.78 is 26.9. The zero-order valence-corrected chi connectivity index (χ0v) is 13.6. The monoisotopic (exact) mass is 347 g/mol. The molecule has 2 rings (SSSR count). The molecule has 1 atom stereocenters. The minimum atomic E-state index is -0.805. The van der Waals surface area contributed by atoms with Gasteiger partial charge in [-0.3, -0.25) is 9.59 Å². The molecular weight excluding hydrogens is 328 g/mol. The summed E-state index contributed by atoms with van der Waals surface area (Å²) in [6.45, 7) is 3.88. The van der Waals surface area contributed by atoms with Crippen LogP contribution in [0.1, 0.15) is 24.9 Å². The number of nitrogens with zero attached hydrogens (tertiary/aromatic N) is 1. The van der Waals surface area contributed by atoms with Crippen LogP contribution in [0, 0.1) is 11.6 Å². The van der Waals surface area contributed by atoms with Crippen molar-refractivity contribution in [2.45, 2.75) is 19.4 Å². The van der Waals surface area contributed by atoms with E-state index < -0.39 is 17.7 Å². The first-order valence-electron chi connectivity index (χ1n) is 7.18. The van der Waals surface area contributed by atoms with Crippen molar-refractivity contribution in [1.29, 1.82) is 0 Å². The summed E-state index contributed by atoms with van der Waals surface area (Å²) in [5, 5.41) is 5.70. The Morgan fingerprint density at radius 1 is 1.30 bits per heavy atom. The second kappa shape index (κ2) is 8.79. The Balaban J connectivity index is 0.00000264. The summed E-state index contributed by atoms with van der Waals surface area (Å²) in [5.41, 5.74) is 0.111. The lowest BCUT2D eigenvalue weighted by atomic mass is 10.0. The first-order chi connectivity index (χ1) is 10.5. The molecule has 0 aliphatic carbocycles. The number of carbonyl (C=O) groups is 2. The fraction of sp³-hybridized carbons (Fsp3) is 0.467. The lowest BCUT2D eigenvalue weighted by molar-refractivity contribution is -0.132. The summed E-state index contributed by atoms with van der Waals surface area (Å²) in [4.78, 5) is 25.3. The van der Waals surface area contributed by atoms with Crippen LogP contribution in [0.25, 0.3) is 0 Å². The number of nitrogens with one attached hydrogen (secondary N) is 2. The van der Waals surface area contributed by atoms with Gasteiger partial charge in [-0.05, 0) is 6.07 Å². The van der Waals surface area contributed by atoms with E-state index in [-0.39, 0.29) is 36.2 Å². The molecule has 0 aromatic heterocycles. The molecule has 0 saturated carbocycles. The normalized spacial score (nSPS) is 15.5. The first kappa shape index (κ1) is 19.3. The second-order valence-electron chi connectivity index (χ2n) is 5.25. The third-order valence-electron chi connectivity index (χ3n) is 3.56. The number of hydrogen-bond acceptors (Lipinski definition) is 3. The maximum Gasteiger partial charge on any atom is 0.225 e. The quantitative estimate of drug-likeness (QED) is 0.865. The van der Waals surface area contributed by atoms with E-state index in [9.17, 15) is 18.4 Å². The summed E-state index contributed by atoms with van der Waals surface area (Å²) in [6, 6.07) is 2.32. The van der Waals surface area contributed by atoms with Crippen LogP contribution in [0.3, 0.4) is 0 Å². The average Bonchev–Trinajstić information content (AvgIpc) is 2.47. The van der Waals surface area contributed by atoms with Gasteiger partial charge in [0, 0.05) is 44.7 Å². The molecule has 1 saturated heterocycles. The van der Waals surface area contributed by atoms with E-state index in [1.807, 2.05) is 0 Å². The van der Waals surface area contributed by atoms with Gasteiger partial charge in [0.1, 0.15) is 11.6 Å². The maximum atomic E-state index is 13.9. The Hall–Kier alpha value is -1.73. The van der Waals surface area contributed by atoms with Crippen molar-refractivity contribution in [3.05, 3.63) is 35.4 Å². The van der Waals surface area contributed by atoms with Gasteiger partial charge in [-0.1, -0.05) is 6.07 Å². The van der Waals surface area contributed by atoms with Gasteiger partial charge in [0.05, 0.1) is 12.5 Å². The molecule has 0 radical (unpaired) electrons. The molecule has 1 heterocycles. The van der Waals surface area contributed by atoms with Gasteiger partial charge in [-0.15, -0.1) is 12.4 Å². The number of rotatable bonds is 4. The fourth-order valence-corrected chi connectivity index (χ4v) is 2.49. The highest BCUT2D eigenvalue weighted by atomic mass is 35.5. The van der Waals surface area contributed by atoms with Crippen LogP contribution < -0.4 is 10.6 Å². The fourth-order valence-electron chi connectivity index (χ4n) is 2.49. The van der Waals surface area contributed by atoms with Gasteiger partial charge in [0.15, 0.2) is 0 Å². The molecule has 1 unspecified atom stereocenters. The van der Waals surface area contributed by atoms with E-state index in [1.165, 1.54) is 13.0 Å². The van der Waals surface area contributed by atoms with E-state index in [0.29, 0.717) is 26.2 Å². The van der Waals surface area contributed by atoms with E-state index >= 15 is 0 Å². The molecule has 8 heteroatoms. The molecule has 1 aromatic carbocycles. The van der Waals surface area contributed by atoms with Gasteiger partial charge in [0.2, 0.25) is 11.8 Å². The minimum Gasteiger partial charge on any atom is -0.349 e. The van der Waals surface area contributed by atoms with Crippen molar-refractivity contribution < 1.29 is 18.4 Å². The highest BCUT2D eigenvalue weighted by Gasteiger charge is 2.24. The van der Waals surface area contributed by atoms with Gasteiger partial charge in [-0.2, -0.15) is 0 Å². The summed E-state index contributed by atoms with van der Waals surface area (Å²) in [6.07, 6.45) is -0.0534. The maximum absolute atomic E-state index is 13.9. The number of piperazine rings is 1. The van der Waals surface area contributed by atoms with Crippen LogP contribution in [0.5, 0.6) is 0 Å². The van der Waals surface area contributed by atoms with E-state index in [0.717, 1.165) is 12.1 Å². The molecule has 5 nitrogen and oxygen atoms in total. The van der Waals surface area contributed by atoms with Gasteiger partial charge in [-0.25, -0.2) is 8.78 Å². The van der Waals surface area contributed by atoms with Crippen molar-refractivity contribution in [3.8, 4) is 0 Å². The van der Waals surface area contributed by atoms with E-state index in [1.54, 1.807) is 4.90 Å². The van der Waals surface area contributed by atoms with Gasteiger partial charge in [0.25, 0.3) is 0 Å². The lowest BCUT2D eigenvalue weighted by Crippen LogP contribution is -2.47. The van der Waals surface area contributed by atoms with Crippen LogP contribution in [0.2, 0.25) is 0 Å². The van der Waals surface area contributed by atoms with Crippen LogP contribution in [-0.2, 0) is 9.59 Å². The zero-order valence-electron chi connectivity index (χ0n) is 12.8. The Morgan fingerprint density at radius 2 is 1.96 bits per heavy atom. The Labute approximate surface area is 139 Å². The van der Waals surface area contributed by atoms with Crippen molar-refractivity contribution in [2.24, 2.45) is 0 Å². The van der Waals surface area contributed by atoms with Crippen LogP contribution in [-0.4, -0.2) is 42.9 Å². The van der Waals surface area contributed by atoms with E-state index in [2.05, 4.69) is 10.6 Å². The molecule has 23 heavy (non-hydrogen) atoms.